The molecule has 3 rings (SSSR count). The number of halogens is 1. The van der Waals surface area contributed by atoms with E-state index < -0.39 is 12.0 Å². The van der Waals surface area contributed by atoms with Crippen LogP contribution in [0.4, 0.5) is 14.9 Å². The molecular weight excluding hydrogens is 285 g/mol. The third kappa shape index (κ3) is 2.37. The first-order valence-electron chi connectivity index (χ1n) is 7.46. The first kappa shape index (κ1) is 14.6. The summed E-state index contributed by atoms with van der Waals surface area (Å²) in [6.45, 7) is 2.86. The number of rotatable bonds is 2. The van der Waals surface area contributed by atoms with Gasteiger partial charge in [0, 0.05) is 24.3 Å². The molecule has 1 aromatic carbocycles. The Labute approximate surface area is 128 Å². The van der Waals surface area contributed by atoms with Crippen LogP contribution < -0.4 is 4.90 Å². The van der Waals surface area contributed by atoms with Crippen LogP contribution in [-0.4, -0.2) is 41.3 Å². The molecule has 2 bridgehead atoms. The lowest BCUT2D eigenvalue weighted by Gasteiger charge is -2.40. The second-order valence-electron chi connectivity index (χ2n) is 6.04. The maximum absolute atomic E-state index is 14.2. The van der Waals surface area contributed by atoms with E-state index in [1.807, 2.05) is 17.0 Å². The van der Waals surface area contributed by atoms with Gasteiger partial charge in [0.15, 0.2) is 0 Å². The smallest absolute Gasteiger partial charge is 0.407 e. The minimum Gasteiger partial charge on any atom is -0.465 e. The minimum atomic E-state index is -0.864. The van der Waals surface area contributed by atoms with Crippen molar-refractivity contribution in [1.29, 1.82) is 5.26 Å². The molecule has 1 aromatic rings. The molecule has 2 fully saturated rings. The lowest BCUT2D eigenvalue weighted by atomic mass is 10.0. The molecule has 0 aromatic heterocycles. The van der Waals surface area contributed by atoms with Gasteiger partial charge in [0.1, 0.15) is 5.82 Å². The van der Waals surface area contributed by atoms with Crippen LogP contribution in [0.3, 0.4) is 0 Å². The maximum Gasteiger partial charge on any atom is 0.407 e. The normalized spacial score (nSPS) is 25.0. The zero-order valence-electron chi connectivity index (χ0n) is 12.4. The summed E-state index contributed by atoms with van der Waals surface area (Å²) in [7, 11) is 0. The Morgan fingerprint density at radius 1 is 1.41 bits per heavy atom. The molecule has 1 amide bonds. The van der Waals surface area contributed by atoms with E-state index in [0.717, 1.165) is 18.5 Å². The van der Waals surface area contributed by atoms with Crippen molar-refractivity contribution >= 4 is 11.8 Å². The molecule has 6 heteroatoms. The number of nitrogens with zero attached hydrogens (tertiary/aromatic N) is 3. The summed E-state index contributed by atoms with van der Waals surface area (Å²) in [5, 5.41) is 18.2. The summed E-state index contributed by atoms with van der Waals surface area (Å²) in [6, 6.07) is 6.94. The summed E-state index contributed by atoms with van der Waals surface area (Å²) in [5.74, 6) is -0.853. The van der Waals surface area contributed by atoms with Crippen LogP contribution >= 0.6 is 0 Å². The summed E-state index contributed by atoms with van der Waals surface area (Å²) < 4.78 is 14.2. The number of anilines is 1. The SMILES string of the molecule is CC(C#N)c1ccc(N2CC3CCC(C2)N3C(=O)O)cc1F. The third-order valence-electron chi connectivity index (χ3n) is 4.71. The summed E-state index contributed by atoms with van der Waals surface area (Å²) in [6.07, 6.45) is 0.857. The average Bonchev–Trinajstić information content (AvgIpc) is 2.77. The highest BCUT2D eigenvalue weighted by Crippen LogP contribution is 2.33. The Morgan fingerprint density at radius 2 is 2.05 bits per heavy atom. The lowest BCUT2D eigenvalue weighted by Crippen LogP contribution is -2.55. The Hall–Kier alpha value is -2.29. The molecule has 116 valence electrons. The van der Waals surface area contributed by atoms with Crippen molar-refractivity contribution in [3.05, 3.63) is 29.6 Å². The van der Waals surface area contributed by atoms with Gasteiger partial charge in [-0.3, -0.25) is 4.90 Å². The number of piperazine rings is 1. The van der Waals surface area contributed by atoms with E-state index in [0.29, 0.717) is 18.7 Å². The van der Waals surface area contributed by atoms with Crippen molar-refractivity contribution in [3.63, 3.8) is 0 Å². The molecule has 0 radical (unpaired) electrons. The van der Waals surface area contributed by atoms with E-state index >= 15 is 0 Å². The average molecular weight is 303 g/mol. The Balaban J connectivity index is 1.81. The van der Waals surface area contributed by atoms with E-state index in [1.54, 1.807) is 17.9 Å². The number of carbonyl (C=O) groups is 1. The predicted molar refractivity (Wildman–Crippen MR) is 79.3 cm³/mol. The van der Waals surface area contributed by atoms with Gasteiger partial charge in [-0.2, -0.15) is 5.26 Å². The quantitative estimate of drug-likeness (QED) is 0.912. The molecule has 0 saturated carbocycles. The van der Waals surface area contributed by atoms with E-state index in [2.05, 4.69) is 0 Å². The fraction of sp³-hybridized carbons (Fsp3) is 0.500. The van der Waals surface area contributed by atoms with Crippen molar-refractivity contribution in [2.45, 2.75) is 37.8 Å². The Kier molecular flexibility index (Phi) is 3.65. The van der Waals surface area contributed by atoms with E-state index in [-0.39, 0.29) is 17.9 Å². The van der Waals surface area contributed by atoms with Crippen LogP contribution in [0.15, 0.2) is 18.2 Å². The first-order valence-corrected chi connectivity index (χ1v) is 7.46. The van der Waals surface area contributed by atoms with E-state index in [1.165, 1.54) is 6.07 Å². The number of fused-ring (bicyclic) bond motifs is 2. The first-order chi connectivity index (χ1) is 10.5. The highest BCUT2D eigenvalue weighted by atomic mass is 19.1. The van der Waals surface area contributed by atoms with Crippen LogP contribution in [0.25, 0.3) is 0 Å². The van der Waals surface area contributed by atoms with Crippen molar-refractivity contribution in [3.8, 4) is 6.07 Å². The van der Waals surface area contributed by atoms with Crippen molar-refractivity contribution in [1.82, 2.24) is 4.90 Å². The van der Waals surface area contributed by atoms with Gasteiger partial charge in [0.25, 0.3) is 0 Å². The largest absolute Gasteiger partial charge is 0.465 e. The van der Waals surface area contributed by atoms with Crippen LogP contribution in [0.5, 0.6) is 0 Å². The van der Waals surface area contributed by atoms with Gasteiger partial charge in [-0.15, -0.1) is 0 Å². The van der Waals surface area contributed by atoms with Crippen LogP contribution in [0.1, 0.15) is 31.2 Å². The second kappa shape index (κ2) is 5.48. The Bertz CT molecular complexity index is 629. The highest BCUT2D eigenvalue weighted by Gasteiger charge is 2.42. The molecule has 3 atom stereocenters. The molecular formula is C16H18FN3O2. The van der Waals surface area contributed by atoms with E-state index in [9.17, 15) is 14.3 Å². The van der Waals surface area contributed by atoms with Crippen LogP contribution in [0, 0.1) is 17.1 Å². The Morgan fingerprint density at radius 3 is 2.55 bits per heavy atom. The fourth-order valence-corrected chi connectivity index (χ4v) is 3.56. The van der Waals surface area contributed by atoms with Crippen molar-refractivity contribution in [2.75, 3.05) is 18.0 Å². The predicted octanol–water partition coefficient (Wildman–Crippen LogP) is 2.78. The molecule has 3 unspecified atom stereocenters. The fourth-order valence-electron chi connectivity index (χ4n) is 3.56. The van der Waals surface area contributed by atoms with Crippen molar-refractivity contribution < 1.29 is 14.3 Å². The molecule has 0 spiro atoms. The molecule has 2 saturated heterocycles. The lowest BCUT2D eigenvalue weighted by molar-refractivity contribution is 0.115. The van der Waals surface area contributed by atoms with Gasteiger partial charge in [-0.05, 0) is 31.9 Å². The van der Waals surface area contributed by atoms with Crippen LogP contribution in [-0.2, 0) is 0 Å². The highest BCUT2D eigenvalue weighted by molar-refractivity contribution is 5.67. The summed E-state index contributed by atoms with van der Waals surface area (Å²) >= 11 is 0. The van der Waals surface area contributed by atoms with Gasteiger partial charge in [-0.1, -0.05) is 6.07 Å². The van der Waals surface area contributed by atoms with Gasteiger partial charge in [0.05, 0.1) is 24.1 Å². The standard InChI is InChI=1S/C16H18FN3O2/c1-10(7-18)14-5-4-11(6-15(14)17)19-8-12-2-3-13(9-19)20(12)16(21)22/h4-6,10,12-13H,2-3,8-9H2,1H3,(H,21,22). The van der Waals surface area contributed by atoms with Crippen molar-refractivity contribution in [2.24, 2.45) is 0 Å². The molecule has 5 nitrogen and oxygen atoms in total. The molecule has 2 aliphatic heterocycles. The minimum absolute atomic E-state index is 0.0166. The number of nitriles is 1. The summed E-state index contributed by atoms with van der Waals surface area (Å²) in [5.41, 5.74) is 1.16. The zero-order valence-corrected chi connectivity index (χ0v) is 12.4. The second-order valence-corrected chi connectivity index (χ2v) is 6.04. The summed E-state index contributed by atoms with van der Waals surface area (Å²) in [4.78, 5) is 14.9. The molecule has 1 N–H and O–H groups in total. The monoisotopic (exact) mass is 303 g/mol. The van der Waals surface area contributed by atoms with Gasteiger partial charge in [0.2, 0.25) is 0 Å². The topological polar surface area (TPSA) is 67.6 Å². The van der Waals surface area contributed by atoms with E-state index in [4.69, 9.17) is 5.26 Å². The number of carboxylic acid groups (broad SMARTS) is 1. The number of hydrogen-bond donors (Lipinski definition) is 1. The molecule has 2 aliphatic rings. The number of benzene rings is 1. The van der Waals surface area contributed by atoms with Gasteiger partial charge < -0.3 is 10.0 Å². The molecule has 0 aliphatic carbocycles. The maximum atomic E-state index is 14.2. The van der Waals surface area contributed by atoms with Gasteiger partial charge >= 0.3 is 6.09 Å². The molecule has 22 heavy (non-hydrogen) atoms. The zero-order chi connectivity index (χ0) is 15.9. The third-order valence-corrected chi connectivity index (χ3v) is 4.71. The number of amides is 1. The van der Waals surface area contributed by atoms with Gasteiger partial charge in [-0.25, -0.2) is 9.18 Å². The number of hydrogen-bond acceptors (Lipinski definition) is 3. The molecule has 2 heterocycles. The van der Waals surface area contributed by atoms with Crippen LogP contribution in [0.2, 0.25) is 0 Å².